The van der Waals surface area contributed by atoms with E-state index < -0.39 is 0 Å². The fraction of sp³-hybridized carbons (Fsp3) is 0.200. The first-order valence-corrected chi connectivity index (χ1v) is 10.0. The van der Waals surface area contributed by atoms with Gasteiger partial charge in [0.25, 0.3) is 0 Å². The lowest BCUT2D eigenvalue weighted by Gasteiger charge is -2.08. The number of hydrogen-bond donors (Lipinski definition) is 1. The molecule has 4 aromatic rings. The maximum absolute atomic E-state index is 12.4. The summed E-state index contributed by atoms with van der Waals surface area (Å²) in [5.74, 6) is 0.0676. The average molecular weight is 383 g/mol. The molecule has 4 rings (SSSR count). The van der Waals surface area contributed by atoms with Gasteiger partial charge in [-0.3, -0.25) is 4.79 Å². The molecule has 1 N–H and O–H groups in total. The molecule has 0 fully saturated rings. The number of rotatable bonds is 7. The van der Waals surface area contributed by atoms with E-state index in [1.807, 2.05) is 66.2 Å². The molecule has 0 aliphatic rings. The fourth-order valence-electron chi connectivity index (χ4n) is 3.64. The molecule has 0 saturated heterocycles. The van der Waals surface area contributed by atoms with E-state index in [4.69, 9.17) is 0 Å². The van der Waals surface area contributed by atoms with Crippen LogP contribution in [0.3, 0.4) is 0 Å². The standard InChI is InChI=1S/C25H25N3O/c1-19-22(18-28(27-19)23-13-3-2-4-14-23)12-8-16-26-25(29)17-21-11-7-10-20-9-5-6-15-24(20)21/h2-7,9-11,13-15,18H,8,12,16-17H2,1H3,(H,26,29). The molecule has 29 heavy (non-hydrogen) atoms. The van der Waals surface area contributed by atoms with Crippen molar-refractivity contribution in [3.05, 3.63) is 95.8 Å². The van der Waals surface area contributed by atoms with Crippen LogP contribution in [-0.4, -0.2) is 22.2 Å². The molecule has 0 radical (unpaired) electrons. The van der Waals surface area contributed by atoms with Gasteiger partial charge in [-0.25, -0.2) is 4.68 Å². The zero-order chi connectivity index (χ0) is 20.1. The predicted molar refractivity (Wildman–Crippen MR) is 117 cm³/mol. The van der Waals surface area contributed by atoms with Gasteiger partial charge in [0, 0.05) is 12.7 Å². The molecule has 0 saturated carbocycles. The second kappa shape index (κ2) is 8.74. The Hall–Kier alpha value is -3.40. The smallest absolute Gasteiger partial charge is 0.224 e. The van der Waals surface area contributed by atoms with Gasteiger partial charge in [-0.15, -0.1) is 0 Å². The molecule has 3 aromatic carbocycles. The van der Waals surface area contributed by atoms with Crippen LogP contribution in [0.1, 0.15) is 23.2 Å². The number of carbonyl (C=O) groups excluding carboxylic acids is 1. The van der Waals surface area contributed by atoms with Crippen molar-refractivity contribution >= 4 is 16.7 Å². The second-order valence-corrected chi connectivity index (χ2v) is 7.29. The predicted octanol–water partition coefficient (Wildman–Crippen LogP) is 4.63. The summed E-state index contributed by atoms with van der Waals surface area (Å²) in [6.07, 6.45) is 4.28. The third-order valence-electron chi connectivity index (χ3n) is 5.20. The minimum Gasteiger partial charge on any atom is -0.356 e. The molecule has 1 heterocycles. The third kappa shape index (κ3) is 4.54. The van der Waals surface area contributed by atoms with Crippen LogP contribution in [0.5, 0.6) is 0 Å². The first-order valence-electron chi connectivity index (χ1n) is 10.0. The molecule has 4 nitrogen and oxygen atoms in total. The van der Waals surface area contributed by atoms with E-state index in [1.54, 1.807) is 0 Å². The molecule has 1 amide bonds. The van der Waals surface area contributed by atoms with Gasteiger partial charge in [-0.05, 0) is 53.8 Å². The topological polar surface area (TPSA) is 46.9 Å². The lowest BCUT2D eigenvalue weighted by atomic mass is 10.0. The monoisotopic (exact) mass is 383 g/mol. The van der Waals surface area contributed by atoms with E-state index in [9.17, 15) is 4.79 Å². The summed E-state index contributed by atoms with van der Waals surface area (Å²) in [5, 5.41) is 9.98. The summed E-state index contributed by atoms with van der Waals surface area (Å²) in [5.41, 5.74) is 4.39. The van der Waals surface area contributed by atoms with Crippen LogP contribution in [0, 0.1) is 6.92 Å². The highest BCUT2D eigenvalue weighted by molar-refractivity contribution is 5.90. The van der Waals surface area contributed by atoms with Gasteiger partial charge >= 0.3 is 0 Å². The van der Waals surface area contributed by atoms with E-state index in [0.717, 1.165) is 35.2 Å². The van der Waals surface area contributed by atoms with Crippen molar-refractivity contribution < 1.29 is 4.79 Å². The van der Waals surface area contributed by atoms with Crippen molar-refractivity contribution in [3.8, 4) is 5.69 Å². The number of aromatic nitrogens is 2. The summed E-state index contributed by atoms with van der Waals surface area (Å²) < 4.78 is 1.92. The van der Waals surface area contributed by atoms with Crippen LogP contribution >= 0.6 is 0 Å². The number of nitrogens with zero attached hydrogens (tertiary/aromatic N) is 2. The van der Waals surface area contributed by atoms with Gasteiger partial charge in [0.05, 0.1) is 17.8 Å². The van der Waals surface area contributed by atoms with Crippen molar-refractivity contribution in [1.82, 2.24) is 15.1 Å². The molecule has 0 spiro atoms. The molecule has 0 aliphatic heterocycles. The van der Waals surface area contributed by atoms with Crippen LogP contribution in [0.4, 0.5) is 0 Å². The molecular formula is C25H25N3O. The Morgan fingerprint density at radius 1 is 0.931 bits per heavy atom. The van der Waals surface area contributed by atoms with E-state index in [1.165, 1.54) is 10.9 Å². The Kier molecular flexibility index (Phi) is 5.71. The molecule has 0 aliphatic carbocycles. The van der Waals surface area contributed by atoms with E-state index in [2.05, 4.69) is 34.8 Å². The summed E-state index contributed by atoms with van der Waals surface area (Å²) in [6, 6.07) is 24.4. The van der Waals surface area contributed by atoms with Crippen molar-refractivity contribution in [2.24, 2.45) is 0 Å². The Morgan fingerprint density at radius 2 is 1.69 bits per heavy atom. The van der Waals surface area contributed by atoms with Gasteiger partial charge in [-0.2, -0.15) is 5.10 Å². The molecule has 0 atom stereocenters. The largest absolute Gasteiger partial charge is 0.356 e. The van der Waals surface area contributed by atoms with Crippen LogP contribution in [0.25, 0.3) is 16.5 Å². The lowest BCUT2D eigenvalue weighted by Crippen LogP contribution is -2.26. The number of para-hydroxylation sites is 1. The van der Waals surface area contributed by atoms with Crippen molar-refractivity contribution in [1.29, 1.82) is 0 Å². The Labute approximate surface area is 171 Å². The van der Waals surface area contributed by atoms with Crippen LogP contribution in [-0.2, 0) is 17.6 Å². The molecule has 4 heteroatoms. The second-order valence-electron chi connectivity index (χ2n) is 7.29. The molecule has 146 valence electrons. The molecular weight excluding hydrogens is 358 g/mol. The summed E-state index contributed by atoms with van der Waals surface area (Å²) in [7, 11) is 0. The summed E-state index contributed by atoms with van der Waals surface area (Å²) in [6.45, 7) is 2.70. The normalized spacial score (nSPS) is 10.9. The summed E-state index contributed by atoms with van der Waals surface area (Å²) in [4.78, 5) is 12.4. The number of aryl methyl sites for hydroxylation is 2. The lowest BCUT2D eigenvalue weighted by molar-refractivity contribution is -0.120. The Balaban J connectivity index is 1.29. The van der Waals surface area contributed by atoms with Crippen LogP contribution in [0.15, 0.2) is 79.0 Å². The number of fused-ring (bicyclic) bond motifs is 1. The van der Waals surface area contributed by atoms with E-state index >= 15 is 0 Å². The van der Waals surface area contributed by atoms with Crippen molar-refractivity contribution in [2.45, 2.75) is 26.2 Å². The number of nitrogens with one attached hydrogen (secondary N) is 1. The fourth-order valence-corrected chi connectivity index (χ4v) is 3.64. The third-order valence-corrected chi connectivity index (χ3v) is 5.20. The number of carbonyl (C=O) groups is 1. The highest BCUT2D eigenvalue weighted by atomic mass is 16.1. The SMILES string of the molecule is Cc1nn(-c2ccccc2)cc1CCCNC(=O)Cc1cccc2ccccc12. The zero-order valence-corrected chi connectivity index (χ0v) is 16.6. The van der Waals surface area contributed by atoms with Gasteiger partial charge in [-0.1, -0.05) is 60.7 Å². The summed E-state index contributed by atoms with van der Waals surface area (Å²) >= 11 is 0. The van der Waals surface area contributed by atoms with Gasteiger partial charge in [0.15, 0.2) is 0 Å². The van der Waals surface area contributed by atoms with Crippen LogP contribution in [0.2, 0.25) is 0 Å². The Bertz CT molecular complexity index is 1110. The maximum atomic E-state index is 12.4. The van der Waals surface area contributed by atoms with Crippen molar-refractivity contribution in [3.63, 3.8) is 0 Å². The number of amides is 1. The van der Waals surface area contributed by atoms with Gasteiger partial charge < -0.3 is 5.32 Å². The zero-order valence-electron chi connectivity index (χ0n) is 16.6. The van der Waals surface area contributed by atoms with E-state index in [0.29, 0.717) is 13.0 Å². The van der Waals surface area contributed by atoms with Gasteiger partial charge in [0.2, 0.25) is 5.91 Å². The number of hydrogen-bond acceptors (Lipinski definition) is 2. The molecule has 0 bridgehead atoms. The first kappa shape index (κ1) is 18.9. The molecule has 0 unspecified atom stereocenters. The average Bonchev–Trinajstić information content (AvgIpc) is 3.13. The highest BCUT2D eigenvalue weighted by Gasteiger charge is 2.08. The quantitative estimate of drug-likeness (QED) is 0.473. The Morgan fingerprint density at radius 3 is 2.55 bits per heavy atom. The maximum Gasteiger partial charge on any atom is 0.224 e. The number of benzene rings is 3. The highest BCUT2D eigenvalue weighted by Crippen LogP contribution is 2.19. The van der Waals surface area contributed by atoms with Crippen molar-refractivity contribution in [2.75, 3.05) is 6.54 Å². The minimum absolute atomic E-state index is 0.0676. The molecule has 1 aromatic heterocycles. The minimum atomic E-state index is 0.0676. The van der Waals surface area contributed by atoms with Crippen LogP contribution < -0.4 is 5.32 Å². The van der Waals surface area contributed by atoms with E-state index in [-0.39, 0.29) is 5.91 Å². The first-order chi connectivity index (χ1) is 14.2. The van der Waals surface area contributed by atoms with Gasteiger partial charge in [0.1, 0.15) is 0 Å².